The zero-order valence-corrected chi connectivity index (χ0v) is 11.2. The molecule has 0 saturated heterocycles. The van der Waals surface area contributed by atoms with Crippen LogP contribution < -0.4 is 4.72 Å². The van der Waals surface area contributed by atoms with Gasteiger partial charge in [-0.05, 0) is 13.8 Å². The van der Waals surface area contributed by atoms with Crippen LogP contribution in [0.1, 0.15) is 17.8 Å². The van der Waals surface area contributed by atoms with E-state index < -0.39 is 10.0 Å². The highest BCUT2D eigenvalue weighted by Crippen LogP contribution is 2.13. The van der Waals surface area contributed by atoms with Crippen LogP contribution in [0.25, 0.3) is 4.96 Å². The number of hydrogen-bond donors (Lipinski definition) is 1. The Bertz CT molecular complexity index is 615. The molecular formula is C8H13N5O2S2. The summed E-state index contributed by atoms with van der Waals surface area (Å²) in [7, 11) is -3.12. The summed E-state index contributed by atoms with van der Waals surface area (Å²) in [6.07, 6.45) is 0.562. The third kappa shape index (κ3) is 2.79. The van der Waals surface area contributed by atoms with Crippen LogP contribution in [0.2, 0.25) is 0 Å². The van der Waals surface area contributed by atoms with Gasteiger partial charge in [0, 0.05) is 13.0 Å². The lowest BCUT2D eigenvalue weighted by Crippen LogP contribution is -2.27. The van der Waals surface area contributed by atoms with Crippen molar-refractivity contribution in [2.24, 2.45) is 0 Å². The number of nitrogens with one attached hydrogen (secondary N) is 1. The fourth-order valence-electron chi connectivity index (χ4n) is 1.27. The van der Waals surface area contributed by atoms with Crippen LogP contribution in [0.15, 0.2) is 0 Å². The predicted octanol–water partition coefficient (Wildman–Crippen LogP) is -0.0240. The van der Waals surface area contributed by atoms with Crippen LogP contribution >= 0.6 is 11.3 Å². The molecule has 17 heavy (non-hydrogen) atoms. The Morgan fingerprint density at radius 3 is 2.82 bits per heavy atom. The summed E-state index contributed by atoms with van der Waals surface area (Å²) in [5, 5.41) is 13.0. The molecule has 0 atom stereocenters. The SMILES string of the molecule is CCS(=O)(=O)NCCc1nn2c(C)nnc2s1. The lowest BCUT2D eigenvalue weighted by Gasteiger charge is -2.01. The Kier molecular flexibility index (Phi) is 3.40. The summed E-state index contributed by atoms with van der Waals surface area (Å²) in [5.41, 5.74) is 0. The Balaban J connectivity index is 2.00. The van der Waals surface area contributed by atoms with Crippen molar-refractivity contribution in [2.45, 2.75) is 20.3 Å². The number of aromatic nitrogens is 4. The first-order valence-electron chi connectivity index (χ1n) is 5.17. The van der Waals surface area contributed by atoms with E-state index in [2.05, 4.69) is 20.0 Å². The second kappa shape index (κ2) is 4.67. The molecule has 7 nitrogen and oxygen atoms in total. The van der Waals surface area contributed by atoms with E-state index in [0.29, 0.717) is 13.0 Å². The van der Waals surface area contributed by atoms with E-state index in [1.807, 2.05) is 6.92 Å². The average Bonchev–Trinajstić information content (AvgIpc) is 2.81. The van der Waals surface area contributed by atoms with Gasteiger partial charge in [0.25, 0.3) is 0 Å². The van der Waals surface area contributed by atoms with Gasteiger partial charge < -0.3 is 0 Å². The molecule has 0 aliphatic carbocycles. The fourth-order valence-corrected chi connectivity index (χ4v) is 2.77. The van der Waals surface area contributed by atoms with Crippen LogP contribution in [-0.2, 0) is 16.4 Å². The molecule has 0 aliphatic heterocycles. The van der Waals surface area contributed by atoms with Crippen molar-refractivity contribution in [3.8, 4) is 0 Å². The van der Waals surface area contributed by atoms with Gasteiger partial charge in [-0.3, -0.25) is 0 Å². The highest BCUT2D eigenvalue weighted by molar-refractivity contribution is 7.89. The topological polar surface area (TPSA) is 89.2 Å². The minimum Gasteiger partial charge on any atom is -0.215 e. The van der Waals surface area contributed by atoms with Crippen LogP contribution in [0.4, 0.5) is 0 Å². The summed E-state index contributed by atoms with van der Waals surface area (Å²) >= 11 is 1.42. The van der Waals surface area contributed by atoms with E-state index in [-0.39, 0.29) is 5.75 Å². The summed E-state index contributed by atoms with van der Waals surface area (Å²) < 4.78 is 26.6. The van der Waals surface area contributed by atoms with Crippen LogP contribution in [0.3, 0.4) is 0 Å². The predicted molar refractivity (Wildman–Crippen MR) is 64.6 cm³/mol. The molecule has 2 rings (SSSR count). The van der Waals surface area contributed by atoms with Gasteiger partial charge in [-0.2, -0.15) is 9.61 Å². The Hall–Kier alpha value is -1.06. The van der Waals surface area contributed by atoms with Gasteiger partial charge in [0.2, 0.25) is 15.0 Å². The third-order valence-corrected chi connectivity index (χ3v) is 4.59. The quantitative estimate of drug-likeness (QED) is 0.828. The molecule has 0 saturated carbocycles. The lowest BCUT2D eigenvalue weighted by atomic mass is 10.5. The second-order valence-electron chi connectivity index (χ2n) is 3.49. The first-order valence-corrected chi connectivity index (χ1v) is 7.64. The van der Waals surface area contributed by atoms with Crippen molar-refractivity contribution in [1.82, 2.24) is 24.5 Å². The number of sulfonamides is 1. The van der Waals surface area contributed by atoms with Gasteiger partial charge in [0.05, 0.1) is 5.75 Å². The number of fused-ring (bicyclic) bond motifs is 1. The van der Waals surface area contributed by atoms with Gasteiger partial charge in [-0.15, -0.1) is 10.2 Å². The lowest BCUT2D eigenvalue weighted by molar-refractivity contribution is 0.582. The van der Waals surface area contributed by atoms with Crippen LogP contribution in [0.5, 0.6) is 0 Å². The zero-order chi connectivity index (χ0) is 12.5. The Morgan fingerprint density at radius 2 is 2.18 bits per heavy atom. The maximum atomic E-state index is 11.2. The van der Waals surface area contributed by atoms with Crippen molar-refractivity contribution in [3.63, 3.8) is 0 Å². The van der Waals surface area contributed by atoms with Crippen molar-refractivity contribution < 1.29 is 8.42 Å². The molecule has 2 heterocycles. The van der Waals surface area contributed by atoms with E-state index in [4.69, 9.17) is 0 Å². The van der Waals surface area contributed by atoms with Crippen LogP contribution in [-0.4, -0.2) is 40.5 Å². The Labute approximate surface area is 103 Å². The minimum absolute atomic E-state index is 0.0945. The highest BCUT2D eigenvalue weighted by Gasteiger charge is 2.10. The normalized spacial score (nSPS) is 12.4. The maximum Gasteiger partial charge on any atom is 0.234 e. The van der Waals surface area contributed by atoms with E-state index >= 15 is 0 Å². The molecule has 94 valence electrons. The van der Waals surface area contributed by atoms with Crippen LogP contribution in [0, 0.1) is 6.92 Å². The fraction of sp³-hybridized carbons (Fsp3) is 0.625. The van der Waals surface area contributed by atoms with Gasteiger partial charge in [0.1, 0.15) is 5.01 Å². The van der Waals surface area contributed by atoms with Gasteiger partial charge in [-0.1, -0.05) is 11.3 Å². The van der Waals surface area contributed by atoms with Crippen molar-refractivity contribution in [1.29, 1.82) is 0 Å². The van der Waals surface area contributed by atoms with Crippen molar-refractivity contribution in [3.05, 3.63) is 10.8 Å². The summed E-state index contributed by atoms with van der Waals surface area (Å²) in [6, 6.07) is 0. The number of aryl methyl sites for hydroxylation is 1. The molecule has 0 aromatic carbocycles. The Morgan fingerprint density at radius 1 is 1.41 bits per heavy atom. The highest BCUT2D eigenvalue weighted by atomic mass is 32.2. The van der Waals surface area contributed by atoms with E-state index in [1.54, 1.807) is 11.4 Å². The number of rotatable bonds is 5. The molecule has 0 bridgehead atoms. The molecule has 0 aliphatic rings. The van der Waals surface area contributed by atoms with Gasteiger partial charge >= 0.3 is 0 Å². The second-order valence-corrected chi connectivity index (χ2v) is 6.62. The average molecular weight is 275 g/mol. The molecule has 2 aromatic rings. The smallest absolute Gasteiger partial charge is 0.215 e. The molecule has 0 fully saturated rings. The first-order chi connectivity index (χ1) is 8.02. The van der Waals surface area contributed by atoms with Gasteiger partial charge in [0.15, 0.2) is 5.82 Å². The largest absolute Gasteiger partial charge is 0.234 e. The molecule has 0 unspecified atom stereocenters. The molecular weight excluding hydrogens is 262 g/mol. The molecule has 2 aromatic heterocycles. The summed E-state index contributed by atoms with van der Waals surface area (Å²) in [5.74, 6) is 0.827. The monoisotopic (exact) mass is 275 g/mol. The third-order valence-electron chi connectivity index (χ3n) is 2.23. The molecule has 9 heteroatoms. The minimum atomic E-state index is -3.12. The summed E-state index contributed by atoms with van der Waals surface area (Å²) in [4.78, 5) is 0.732. The van der Waals surface area contributed by atoms with E-state index in [0.717, 1.165) is 15.8 Å². The standard InChI is InChI=1S/C8H13N5O2S2/c1-3-17(14,15)9-5-4-7-12-13-6(2)10-11-8(13)16-7/h9H,3-5H2,1-2H3. The van der Waals surface area contributed by atoms with Gasteiger partial charge in [-0.25, -0.2) is 13.1 Å². The molecule has 0 spiro atoms. The van der Waals surface area contributed by atoms with E-state index in [9.17, 15) is 8.42 Å². The van der Waals surface area contributed by atoms with Crippen molar-refractivity contribution in [2.75, 3.05) is 12.3 Å². The molecule has 1 N–H and O–H groups in total. The number of nitrogens with zero attached hydrogens (tertiary/aromatic N) is 4. The van der Waals surface area contributed by atoms with E-state index in [1.165, 1.54) is 11.3 Å². The zero-order valence-electron chi connectivity index (χ0n) is 9.54. The number of hydrogen-bond acceptors (Lipinski definition) is 6. The summed E-state index contributed by atoms with van der Waals surface area (Å²) in [6.45, 7) is 3.79. The molecule has 0 amide bonds. The maximum absolute atomic E-state index is 11.2. The molecule has 0 radical (unpaired) electrons. The van der Waals surface area contributed by atoms with Crippen molar-refractivity contribution >= 4 is 26.3 Å². The first kappa shape index (κ1) is 12.4.